The normalized spacial score (nSPS) is 18.2. The summed E-state index contributed by atoms with van der Waals surface area (Å²) in [6.45, 7) is 1.85. The molecule has 0 unspecified atom stereocenters. The van der Waals surface area contributed by atoms with Gasteiger partial charge in [0.15, 0.2) is 0 Å². The number of fused-ring (bicyclic) bond motifs is 1. The first-order chi connectivity index (χ1) is 12.2. The summed E-state index contributed by atoms with van der Waals surface area (Å²) < 4.78 is 5.05. The smallest absolute Gasteiger partial charge is 0.337 e. The van der Waals surface area contributed by atoms with Crippen molar-refractivity contribution < 1.29 is 9.25 Å². The van der Waals surface area contributed by atoms with Crippen molar-refractivity contribution in [1.82, 2.24) is 9.97 Å². The van der Waals surface area contributed by atoms with Crippen LogP contribution in [0.5, 0.6) is 6.01 Å². The molecule has 0 fully saturated rings. The van der Waals surface area contributed by atoms with Gasteiger partial charge in [-0.15, -0.1) is 0 Å². The molecule has 2 aliphatic carbocycles. The van der Waals surface area contributed by atoms with E-state index in [9.17, 15) is 9.59 Å². The van der Waals surface area contributed by atoms with E-state index in [0.717, 1.165) is 37.0 Å². The Kier molecular flexibility index (Phi) is 3.83. The molecular formula is C18H17N3O4. The number of nitrogens with zero attached hydrogens (tertiary/aromatic N) is 2. The van der Waals surface area contributed by atoms with Crippen molar-refractivity contribution in [3.8, 4) is 6.01 Å². The molecule has 2 aromatic heterocycles. The van der Waals surface area contributed by atoms with Crippen molar-refractivity contribution in [2.75, 3.05) is 0 Å². The molecule has 0 aromatic carbocycles. The van der Waals surface area contributed by atoms with E-state index in [-0.39, 0.29) is 17.1 Å². The maximum atomic E-state index is 12.3. The van der Waals surface area contributed by atoms with E-state index in [4.69, 9.17) is 9.25 Å². The molecule has 1 N–H and O–H groups in total. The quantitative estimate of drug-likeness (QED) is 0.867. The van der Waals surface area contributed by atoms with Crippen LogP contribution < -0.4 is 16.0 Å². The summed E-state index contributed by atoms with van der Waals surface area (Å²) in [4.78, 5) is 35.9. The van der Waals surface area contributed by atoms with Crippen molar-refractivity contribution in [3.05, 3.63) is 55.7 Å². The molecule has 0 atom stereocenters. The zero-order valence-electron chi connectivity index (χ0n) is 13.8. The highest BCUT2D eigenvalue weighted by atomic mass is 16.6. The molecule has 2 heterocycles. The number of rotatable bonds is 3. The van der Waals surface area contributed by atoms with Crippen LogP contribution in [-0.2, 0) is 6.42 Å². The highest BCUT2D eigenvalue weighted by Crippen LogP contribution is 2.31. The van der Waals surface area contributed by atoms with Crippen LogP contribution >= 0.6 is 0 Å². The number of aromatic nitrogens is 2. The third-order valence-electron chi connectivity index (χ3n) is 4.53. The summed E-state index contributed by atoms with van der Waals surface area (Å²) in [5, 5.41) is 4.43. The van der Waals surface area contributed by atoms with Gasteiger partial charge in [-0.05, 0) is 43.2 Å². The predicted molar refractivity (Wildman–Crippen MR) is 93.0 cm³/mol. The van der Waals surface area contributed by atoms with Gasteiger partial charge in [-0.1, -0.05) is 29.8 Å². The maximum absolute atomic E-state index is 12.3. The van der Waals surface area contributed by atoms with Gasteiger partial charge in [0.1, 0.15) is 5.39 Å². The van der Waals surface area contributed by atoms with E-state index in [0.29, 0.717) is 12.0 Å². The minimum Gasteiger partial charge on any atom is -0.403 e. The standard InChI is InChI=1S/C18H17N3O4/c1-2-10-9-14(22)24-17-15(10)16(23)19-18(20-17)25-21-13-8-4-6-11-5-3-7-12(11)13/h3,7,9H,2,4-6,8H2,1H3,(H,19,20,23)/b21-13+. The van der Waals surface area contributed by atoms with Crippen molar-refractivity contribution in [3.63, 3.8) is 0 Å². The fourth-order valence-corrected chi connectivity index (χ4v) is 3.33. The van der Waals surface area contributed by atoms with Crippen LogP contribution in [0.2, 0.25) is 0 Å². The van der Waals surface area contributed by atoms with Crippen LogP contribution in [0.1, 0.15) is 38.2 Å². The third-order valence-corrected chi connectivity index (χ3v) is 4.53. The van der Waals surface area contributed by atoms with Gasteiger partial charge in [0.25, 0.3) is 5.56 Å². The molecule has 7 heteroatoms. The zero-order valence-corrected chi connectivity index (χ0v) is 13.8. The van der Waals surface area contributed by atoms with Crippen LogP contribution in [0.25, 0.3) is 11.1 Å². The Balaban J connectivity index is 1.72. The first-order valence-corrected chi connectivity index (χ1v) is 8.35. The molecular weight excluding hydrogens is 322 g/mol. The van der Waals surface area contributed by atoms with Gasteiger partial charge in [0, 0.05) is 6.07 Å². The number of hydrogen-bond donors (Lipinski definition) is 1. The maximum Gasteiger partial charge on any atom is 0.337 e. The third kappa shape index (κ3) is 2.82. The summed E-state index contributed by atoms with van der Waals surface area (Å²) in [7, 11) is 0. The van der Waals surface area contributed by atoms with Gasteiger partial charge in [0.05, 0.1) is 5.71 Å². The molecule has 0 spiro atoms. The average molecular weight is 339 g/mol. The van der Waals surface area contributed by atoms with Crippen LogP contribution in [-0.4, -0.2) is 15.7 Å². The fraction of sp³-hybridized carbons (Fsp3) is 0.333. The number of nitrogens with one attached hydrogen (secondary N) is 1. The Bertz CT molecular complexity index is 1060. The Morgan fingerprint density at radius 2 is 2.24 bits per heavy atom. The number of hydrogen-bond acceptors (Lipinski definition) is 6. The lowest BCUT2D eigenvalue weighted by atomic mass is 9.92. The summed E-state index contributed by atoms with van der Waals surface area (Å²) in [6, 6.07) is 1.22. The minimum atomic E-state index is -0.544. The van der Waals surface area contributed by atoms with Crippen LogP contribution in [0.15, 0.2) is 48.5 Å². The molecule has 2 aromatic rings. The molecule has 7 nitrogen and oxygen atoms in total. The van der Waals surface area contributed by atoms with Gasteiger partial charge in [-0.3, -0.25) is 9.78 Å². The van der Waals surface area contributed by atoms with Crippen molar-refractivity contribution in [2.24, 2.45) is 5.16 Å². The molecule has 0 radical (unpaired) electrons. The molecule has 2 aliphatic rings. The van der Waals surface area contributed by atoms with Gasteiger partial charge < -0.3 is 9.25 Å². The number of aryl methyl sites for hydroxylation is 1. The summed E-state index contributed by atoms with van der Waals surface area (Å²) in [6.07, 6.45) is 8.58. The molecule has 4 rings (SSSR count). The van der Waals surface area contributed by atoms with Crippen LogP contribution in [0.4, 0.5) is 0 Å². The Labute approximate surface area is 142 Å². The lowest BCUT2D eigenvalue weighted by molar-refractivity contribution is 0.309. The van der Waals surface area contributed by atoms with Crippen molar-refractivity contribution in [1.29, 1.82) is 0 Å². The van der Waals surface area contributed by atoms with E-state index in [1.54, 1.807) is 0 Å². The Hall–Kier alpha value is -2.96. The summed E-state index contributed by atoms with van der Waals surface area (Å²) in [5.74, 6) is 0. The van der Waals surface area contributed by atoms with E-state index >= 15 is 0 Å². The predicted octanol–water partition coefficient (Wildman–Crippen LogP) is 2.61. The lowest BCUT2D eigenvalue weighted by Crippen LogP contribution is -2.15. The lowest BCUT2D eigenvalue weighted by Gasteiger charge is -2.15. The largest absolute Gasteiger partial charge is 0.403 e. The highest BCUT2D eigenvalue weighted by molar-refractivity contribution is 6.04. The summed E-state index contributed by atoms with van der Waals surface area (Å²) in [5.41, 5.74) is 2.94. The SMILES string of the molecule is CCc1cc(=O)oc2nc(O/N=C3\CCCC4=C3C=CC4)[nH]c(=O)c12. The minimum absolute atomic E-state index is 0.0346. The molecule has 128 valence electrons. The number of oxime groups is 1. The Morgan fingerprint density at radius 3 is 3.08 bits per heavy atom. The number of aromatic amines is 1. The second-order valence-electron chi connectivity index (χ2n) is 6.10. The number of H-pyrrole nitrogens is 1. The summed E-state index contributed by atoms with van der Waals surface area (Å²) >= 11 is 0. The highest BCUT2D eigenvalue weighted by Gasteiger charge is 2.20. The van der Waals surface area contributed by atoms with Crippen LogP contribution in [0, 0.1) is 0 Å². The van der Waals surface area contributed by atoms with E-state index in [2.05, 4.69) is 27.3 Å². The number of allylic oxidation sites excluding steroid dienone is 4. The molecule has 0 amide bonds. The molecule has 25 heavy (non-hydrogen) atoms. The molecule has 0 bridgehead atoms. The molecule has 0 saturated carbocycles. The van der Waals surface area contributed by atoms with Gasteiger partial charge in [-0.25, -0.2) is 4.79 Å². The van der Waals surface area contributed by atoms with Gasteiger partial charge in [0.2, 0.25) is 5.71 Å². The monoisotopic (exact) mass is 339 g/mol. The second-order valence-corrected chi connectivity index (χ2v) is 6.10. The molecule has 0 saturated heterocycles. The van der Waals surface area contributed by atoms with Gasteiger partial charge in [-0.2, -0.15) is 4.98 Å². The first-order valence-electron chi connectivity index (χ1n) is 8.35. The van der Waals surface area contributed by atoms with Crippen molar-refractivity contribution in [2.45, 2.75) is 39.0 Å². The van der Waals surface area contributed by atoms with E-state index in [1.165, 1.54) is 11.6 Å². The zero-order chi connectivity index (χ0) is 17.4. The van der Waals surface area contributed by atoms with Crippen molar-refractivity contribution >= 4 is 16.8 Å². The molecule has 0 aliphatic heterocycles. The fourth-order valence-electron chi connectivity index (χ4n) is 3.33. The van der Waals surface area contributed by atoms with Crippen LogP contribution in [0.3, 0.4) is 0 Å². The van der Waals surface area contributed by atoms with E-state index in [1.807, 2.05) is 6.92 Å². The van der Waals surface area contributed by atoms with Gasteiger partial charge >= 0.3 is 11.6 Å². The Morgan fingerprint density at radius 1 is 1.36 bits per heavy atom. The second kappa shape index (κ2) is 6.16. The van der Waals surface area contributed by atoms with E-state index < -0.39 is 11.2 Å². The first kappa shape index (κ1) is 15.6. The topological polar surface area (TPSA) is 97.5 Å². The average Bonchev–Trinajstić information content (AvgIpc) is 3.08.